The standard InChI is InChI=1S/C16H12ClF3N6O/c1-9(13-14(22-3-2-21-13)26-23-4-5-24-26)25-15(27)10-6-11(16(18,19)20)8-12(17)7-10/h2-9H,1H3,(H,25,27). The molecule has 1 aromatic carbocycles. The summed E-state index contributed by atoms with van der Waals surface area (Å²) in [5, 5.41) is 10.3. The second-order valence-corrected chi connectivity index (χ2v) is 5.94. The van der Waals surface area contributed by atoms with Gasteiger partial charge in [-0.25, -0.2) is 4.98 Å². The quantitative estimate of drug-likeness (QED) is 0.731. The first-order chi connectivity index (χ1) is 12.8. The van der Waals surface area contributed by atoms with Gasteiger partial charge >= 0.3 is 6.18 Å². The number of nitrogens with zero attached hydrogens (tertiary/aromatic N) is 5. The van der Waals surface area contributed by atoms with Crippen molar-refractivity contribution in [3.05, 3.63) is 64.8 Å². The maximum absolute atomic E-state index is 12.9. The number of carbonyl (C=O) groups is 1. The van der Waals surface area contributed by atoms with Gasteiger partial charge in [0.2, 0.25) is 0 Å². The minimum Gasteiger partial charge on any atom is -0.344 e. The number of halogens is 4. The van der Waals surface area contributed by atoms with Crippen LogP contribution in [0.15, 0.2) is 43.0 Å². The molecular weight excluding hydrogens is 385 g/mol. The second-order valence-electron chi connectivity index (χ2n) is 5.51. The molecule has 2 aromatic heterocycles. The summed E-state index contributed by atoms with van der Waals surface area (Å²) in [5.41, 5.74) is -0.877. The van der Waals surface area contributed by atoms with Crippen molar-refractivity contribution in [2.24, 2.45) is 0 Å². The lowest BCUT2D eigenvalue weighted by molar-refractivity contribution is -0.137. The molecule has 0 spiro atoms. The number of nitrogens with one attached hydrogen (secondary N) is 1. The van der Waals surface area contributed by atoms with Crippen LogP contribution in [0.5, 0.6) is 0 Å². The molecule has 1 N–H and O–H groups in total. The number of alkyl halides is 3. The molecule has 0 aliphatic rings. The maximum atomic E-state index is 12.9. The number of amides is 1. The summed E-state index contributed by atoms with van der Waals surface area (Å²) in [6.07, 6.45) is 1.14. The van der Waals surface area contributed by atoms with Crippen LogP contribution in [0.3, 0.4) is 0 Å². The summed E-state index contributed by atoms with van der Waals surface area (Å²) >= 11 is 5.72. The van der Waals surface area contributed by atoms with Gasteiger partial charge in [-0.3, -0.25) is 9.78 Å². The van der Waals surface area contributed by atoms with Crippen molar-refractivity contribution >= 4 is 17.5 Å². The van der Waals surface area contributed by atoms with Crippen LogP contribution in [0.4, 0.5) is 13.2 Å². The Morgan fingerprint density at radius 3 is 2.44 bits per heavy atom. The van der Waals surface area contributed by atoms with Crippen molar-refractivity contribution < 1.29 is 18.0 Å². The van der Waals surface area contributed by atoms with Crippen molar-refractivity contribution in [1.29, 1.82) is 0 Å². The molecule has 0 saturated carbocycles. The summed E-state index contributed by atoms with van der Waals surface area (Å²) in [6, 6.07) is 1.97. The number of rotatable bonds is 4. The zero-order valence-corrected chi connectivity index (χ0v) is 14.5. The zero-order chi connectivity index (χ0) is 19.6. The van der Waals surface area contributed by atoms with E-state index in [1.807, 2.05) is 0 Å². The van der Waals surface area contributed by atoms with Crippen molar-refractivity contribution in [3.63, 3.8) is 0 Å². The van der Waals surface area contributed by atoms with Gasteiger partial charge in [-0.05, 0) is 25.1 Å². The molecule has 3 aromatic rings. The largest absolute Gasteiger partial charge is 0.416 e. The molecule has 7 nitrogen and oxygen atoms in total. The molecule has 1 unspecified atom stereocenters. The normalized spacial score (nSPS) is 12.6. The van der Waals surface area contributed by atoms with Gasteiger partial charge in [0.05, 0.1) is 24.0 Å². The molecule has 0 saturated heterocycles. The van der Waals surface area contributed by atoms with E-state index < -0.39 is 23.7 Å². The summed E-state index contributed by atoms with van der Waals surface area (Å²) in [6.45, 7) is 1.62. The SMILES string of the molecule is CC(NC(=O)c1cc(Cl)cc(C(F)(F)F)c1)c1nccnc1-n1nccn1. The third kappa shape index (κ3) is 4.22. The number of aromatic nitrogens is 5. The Bertz CT molecular complexity index is 961. The first-order valence-corrected chi connectivity index (χ1v) is 8.00. The Hall–Kier alpha value is -3.01. The van der Waals surface area contributed by atoms with E-state index in [0.717, 1.165) is 18.2 Å². The maximum Gasteiger partial charge on any atom is 0.416 e. The Morgan fingerprint density at radius 2 is 1.78 bits per heavy atom. The fourth-order valence-corrected chi connectivity index (χ4v) is 2.59. The van der Waals surface area contributed by atoms with E-state index in [1.165, 1.54) is 29.6 Å². The summed E-state index contributed by atoms with van der Waals surface area (Å²) in [7, 11) is 0. The molecule has 2 heterocycles. The molecular formula is C16H12ClF3N6O. The van der Waals surface area contributed by atoms with E-state index in [4.69, 9.17) is 11.6 Å². The predicted octanol–water partition coefficient (Wildman–Crippen LogP) is 3.22. The topological polar surface area (TPSA) is 85.6 Å². The van der Waals surface area contributed by atoms with Crippen molar-refractivity contribution in [1.82, 2.24) is 30.3 Å². The van der Waals surface area contributed by atoms with Crippen LogP contribution in [0.2, 0.25) is 5.02 Å². The number of hydrogen-bond acceptors (Lipinski definition) is 5. The lowest BCUT2D eigenvalue weighted by atomic mass is 10.1. The van der Waals surface area contributed by atoms with E-state index in [9.17, 15) is 18.0 Å². The van der Waals surface area contributed by atoms with Crippen LogP contribution in [0.1, 0.15) is 34.6 Å². The highest BCUT2D eigenvalue weighted by molar-refractivity contribution is 6.31. The average molecular weight is 397 g/mol. The third-order valence-corrected chi connectivity index (χ3v) is 3.78. The van der Waals surface area contributed by atoms with E-state index in [-0.39, 0.29) is 16.4 Å². The van der Waals surface area contributed by atoms with Crippen LogP contribution >= 0.6 is 11.6 Å². The molecule has 0 aliphatic heterocycles. The van der Waals surface area contributed by atoms with Gasteiger partial charge in [0.1, 0.15) is 5.69 Å². The van der Waals surface area contributed by atoms with Gasteiger partial charge in [0.15, 0.2) is 5.82 Å². The van der Waals surface area contributed by atoms with Crippen molar-refractivity contribution in [3.8, 4) is 5.82 Å². The molecule has 27 heavy (non-hydrogen) atoms. The van der Waals surface area contributed by atoms with E-state index in [1.54, 1.807) is 6.92 Å². The Morgan fingerprint density at radius 1 is 1.11 bits per heavy atom. The van der Waals surface area contributed by atoms with Crippen LogP contribution in [0, 0.1) is 0 Å². The summed E-state index contributed by atoms with van der Waals surface area (Å²) in [5.74, 6) is -0.446. The number of carbonyl (C=O) groups excluding carboxylic acids is 1. The molecule has 140 valence electrons. The monoisotopic (exact) mass is 396 g/mol. The molecule has 1 amide bonds. The molecule has 0 fully saturated rings. The van der Waals surface area contributed by atoms with Crippen LogP contribution in [-0.2, 0) is 6.18 Å². The lowest BCUT2D eigenvalue weighted by Crippen LogP contribution is -2.29. The van der Waals surface area contributed by atoms with Crippen molar-refractivity contribution in [2.75, 3.05) is 0 Å². The van der Waals surface area contributed by atoms with Gasteiger partial charge in [0, 0.05) is 23.0 Å². The highest BCUT2D eigenvalue weighted by atomic mass is 35.5. The highest BCUT2D eigenvalue weighted by Crippen LogP contribution is 2.32. The van der Waals surface area contributed by atoms with Gasteiger partial charge in [-0.15, -0.1) is 4.80 Å². The van der Waals surface area contributed by atoms with Gasteiger partial charge in [-0.1, -0.05) is 11.6 Å². The Labute approximate surface area is 156 Å². The fourth-order valence-electron chi connectivity index (χ4n) is 2.36. The molecule has 3 rings (SSSR count). The third-order valence-electron chi connectivity index (χ3n) is 3.56. The average Bonchev–Trinajstić information content (AvgIpc) is 3.15. The van der Waals surface area contributed by atoms with E-state index in [0.29, 0.717) is 5.69 Å². The molecule has 0 radical (unpaired) electrons. The lowest BCUT2D eigenvalue weighted by Gasteiger charge is -2.16. The van der Waals surface area contributed by atoms with Crippen LogP contribution in [0.25, 0.3) is 5.82 Å². The summed E-state index contributed by atoms with van der Waals surface area (Å²) < 4.78 is 38.8. The van der Waals surface area contributed by atoms with Crippen molar-refractivity contribution in [2.45, 2.75) is 19.1 Å². The number of benzene rings is 1. The minimum atomic E-state index is -4.62. The minimum absolute atomic E-state index is 0.191. The number of hydrogen-bond donors (Lipinski definition) is 1. The molecule has 0 aliphatic carbocycles. The Balaban J connectivity index is 1.87. The van der Waals surface area contributed by atoms with E-state index >= 15 is 0 Å². The molecule has 11 heteroatoms. The van der Waals surface area contributed by atoms with Gasteiger partial charge in [0.25, 0.3) is 5.91 Å². The van der Waals surface area contributed by atoms with E-state index in [2.05, 4.69) is 25.5 Å². The highest BCUT2D eigenvalue weighted by Gasteiger charge is 2.32. The second kappa shape index (κ2) is 7.31. The van der Waals surface area contributed by atoms with Gasteiger partial charge in [-0.2, -0.15) is 23.4 Å². The smallest absolute Gasteiger partial charge is 0.344 e. The molecule has 0 bridgehead atoms. The molecule has 1 atom stereocenters. The first kappa shape index (κ1) is 18.8. The zero-order valence-electron chi connectivity index (χ0n) is 13.8. The van der Waals surface area contributed by atoms with Crippen LogP contribution in [-0.4, -0.2) is 30.9 Å². The van der Waals surface area contributed by atoms with Crippen LogP contribution < -0.4 is 5.32 Å². The first-order valence-electron chi connectivity index (χ1n) is 7.62. The predicted molar refractivity (Wildman–Crippen MR) is 89.3 cm³/mol. The Kier molecular flexibility index (Phi) is 5.08. The summed E-state index contributed by atoms with van der Waals surface area (Å²) in [4.78, 5) is 22.0. The fraction of sp³-hybridized carbons (Fsp3) is 0.188. The van der Waals surface area contributed by atoms with Gasteiger partial charge < -0.3 is 5.32 Å².